The molecule has 1 N–H and O–H groups in total. The fraction of sp³-hybridized carbons (Fsp3) is 0.250. The summed E-state index contributed by atoms with van der Waals surface area (Å²) in [6.45, 7) is 3.07. The van der Waals surface area contributed by atoms with E-state index in [0.717, 1.165) is 35.3 Å². The van der Waals surface area contributed by atoms with E-state index in [2.05, 4.69) is 56.1 Å². The van der Waals surface area contributed by atoms with Crippen molar-refractivity contribution in [2.24, 2.45) is 0 Å². The molecule has 0 amide bonds. The van der Waals surface area contributed by atoms with Crippen LogP contribution in [0.15, 0.2) is 67.1 Å². The maximum Gasteiger partial charge on any atom is 0.170 e. The molecule has 1 aliphatic heterocycles. The standard InChI is InChI=1S/C20H21N5S/c1-2-13-25-19(18(23-20(25)26)15-8-3-5-11-21-15)16-9-7-14-24(16)17-10-4-6-12-22-17/h3-12,14,18-19H,2,13H2,1H3,(H,23,26)/t18-,19-/m0/s1. The summed E-state index contributed by atoms with van der Waals surface area (Å²) in [5.41, 5.74) is 2.15. The number of aromatic nitrogens is 3. The quantitative estimate of drug-likeness (QED) is 0.701. The highest BCUT2D eigenvalue weighted by molar-refractivity contribution is 7.80. The molecule has 0 spiro atoms. The average Bonchev–Trinajstić information content (AvgIpc) is 3.28. The van der Waals surface area contributed by atoms with Crippen molar-refractivity contribution >= 4 is 17.3 Å². The van der Waals surface area contributed by atoms with Gasteiger partial charge in [0.05, 0.1) is 17.8 Å². The van der Waals surface area contributed by atoms with E-state index in [1.807, 2.05) is 42.7 Å². The summed E-state index contributed by atoms with van der Waals surface area (Å²) >= 11 is 5.66. The number of hydrogen-bond donors (Lipinski definition) is 1. The van der Waals surface area contributed by atoms with Crippen LogP contribution in [0.25, 0.3) is 5.82 Å². The summed E-state index contributed by atoms with van der Waals surface area (Å²) in [5, 5.41) is 4.26. The molecule has 4 heterocycles. The summed E-state index contributed by atoms with van der Waals surface area (Å²) in [6, 6.07) is 16.2. The number of rotatable bonds is 5. The van der Waals surface area contributed by atoms with Crippen molar-refractivity contribution in [1.29, 1.82) is 0 Å². The van der Waals surface area contributed by atoms with Crippen LogP contribution in [0.4, 0.5) is 0 Å². The van der Waals surface area contributed by atoms with Crippen LogP contribution in [-0.2, 0) is 0 Å². The summed E-state index contributed by atoms with van der Waals surface area (Å²) in [7, 11) is 0. The largest absolute Gasteiger partial charge is 0.352 e. The summed E-state index contributed by atoms with van der Waals surface area (Å²) in [4.78, 5) is 11.4. The molecule has 26 heavy (non-hydrogen) atoms. The minimum Gasteiger partial charge on any atom is -0.352 e. The van der Waals surface area contributed by atoms with Gasteiger partial charge in [0.1, 0.15) is 5.82 Å². The average molecular weight is 363 g/mol. The van der Waals surface area contributed by atoms with Gasteiger partial charge < -0.3 is 14.8 Å². The van der Waals surface area contributed by atoms with Gasteiger partial charge in [-0.2, -0.15) is 0 Å². The molecule has 1 saturated heterocycles. The first-order valence-electron chi connectivity index (χ1n) is 8.86. The van der Waals surface area contributed by atoms with E-state index in [9.17, 15) is 0 Å². The molecule has 0 aromatic carbocycles. The Morgan fingerprint density at radius 2 is 1.85 bits per heavy atom. The zero-order valence-electron chi connectivity index (χ0n) is 14.6. The van der Waals surface area contributed by atoms with Crippen molar-refractivity contribution in [1.82, 2.24) is 24.8 Å². The predicted octanol–water partition coefficient (Wildman–Crippen LogP) is 3.65. The van der Waals surface area contributed by atoms with Crippen molar-refractivity contribution in [2.45, 2.75) is 25.4 Å². The molecule has 4 rings (SSSR count). The van der Waals surface area contributed by atoms with Crippen LogP contribution in [0.1, 0.15) is 36.8 Å². The molecule has 1 fully saturated rings. The first-order valence-corrected chi connectivity index (χ1v) is 9.27. The Morgan fingerprint density at radius 3 is 2.54 bits per heavy atom. The predicted molar refractivity (Wildman–Crippen MR) is 106 cm³/mol. The topological polar surface area (TPSA) is 46.0 Å². The van der Waals surface area contributed by atoms with Crippen LogP contribution in [0, 0.1) is 0 Å². The first kappa shape index (κ1) is 16.7. The van der Waals surface area contributed by atoms with Gasteiger partial charge in [-0.1, -0.05) is 19.1 Å². The van der Waals surface area contributed by atoms with Gasteiger partial charge in [-0.05, 0) is 55.0 Å². The third-order valence-electron chi connectivity index (χ3n) is 4.64. The zero-order chi connectivity index (χ0) is 17.9. The summed E-state index contributed by atoms with van der Waals surface area (Å²) < 4.78 is 2.14. The third kappa shape index (κ3) is 2.97. The lowest BCUT2D eigenvalue weighted by Gasteiger charge is -2.28. The Morgan fingerprint density at radius 1 is 1.04 bits per heavy atom. The Hall–Kier alpha value is -2.73. The van der Waals surface area contributed by atoms with Gasteiger partial charge in [0.15, 0.2) is 5.11 Å². The van der Waals surface area contributed by atoms with Crippen LogP contribution >= 0.6 is 12.2 Å². The lowest BCUT2D eigenvalue weighted by molar-refractivity contribution is 0.308. The Kier molecular flexibility index (Phi) is 4.67. The second-order valence-electron chi connectivity index (χ2n) is 6.31. The van der Waals surface area contributed by atoms with E-state index in [0.29, 0.717) is 0 Å². The molecule has 0 unspecified atom stereocenters. The molecular weight excluding hydrogens is 342 g/mol. The minimum atomic E-state index is 0.00705. The van der Waals surface area contributed by atoms with Crippen molar-refractivity contribution in [3.63, 3.8) is 0 Å². The highest BCUT2D eigenvalue weighted by Crippen LogP contribution is 2.39. The first-order chi connectivity index (χ1) is 12.8. The van der Waals surface area contributed by atoms with Crippen molar-refractivity contribution in [3.8, 4) is 5.82 Å². The lowest BCUT2D eigenvalue weighted by Crippen LogP contribution is -2.31. The summed E-state index contributed by atoms with van der Waals surface area (Å²) in [6.07, 6.45) is 6.73. The van der Waals surface area contributed by atoms with Crippen LogP contribution in [0.3, 0.4) is 0 Å². The molecule has 5 nitrogen and oxygen atoms in total. The molecule has 0 saturated carbocycles. The number of pyridine rings is 2. The molecule has 3 aromatic rings. The minimum absolute atomic E-state index is 0.00705. The van der Waals surface area contributed by atoms with E-state index < -0.39 is 0 Å². The van der Waals surface area contributed by atoms with E-state index in [1.54, 1.807) is 0 Å². The van der Waals surface area contributed by atoms with Gasteiger partial charge in [0, 0.05) is 30.8 Å². The fourth-order valence-electron chi connectivity index (χ4n) is 3.55. The zero-order valence-corrected chi connectivity index (χ0v) is 15.4. The normalized spacial score (nSPS) is 19.6. The highest BCUT2D eigenvalue weighted by Gasteiger charge is 2.40. The van der Waals surface area contributed by atoms with Crippen LogP contribution < -0.4 is 5.32 Å². The highest BCUT2D eigenvalue weighted by atomic mass is 32.1. The summed E-state index contributed by atoms with van der Waals surface area (Å²) in [5.74, 6) is 0.904. The SMILES string of the molecule is CCCN1C(=S)N[C@@H](c2ccccn2)[C@@H]1c1cccn1-c1ccccn1. The van der Waals surface area contributed by atoms with Gasteiger partial charge in [-0.25, -0.2) is 4.98 Å². The van der Waals surface area contributed by atoms with Gasteiger partial charge in [0.25, 0.3) is 0 Å². The third-order valence-corrected chi connectivity index (χ3v) is 4.99. The van der Waals surface area contributed by atoms with Gasteiger partial charge in [-0.3, -0.25) is 4.98 Å². The van der Waals surface area contributed by atoms with Crippen molar-refractivity contribution in [3.05, 3.63) is 78.5 Å². The van der Waals surface area contributed by atoms with Crippen LogP contribution in [0.5, 0.6) is 0 Å². The van der Waals surface area contributed by atoms with E-state index in [-0.39, 0.29) is 12.1 Å². The molecule has 0 aliphatic carbocycles. The Balaban J connectivity index is 1.81. The van der Waals surface area contributed by atoms with Crippen molar-refractivity contribution < 1.29 is 0 Å². The molecule has 3 aromatic heterocycles. The molecule has 0 radical (unpaired) electrons. The van der Waals surface area contributed by atoms with E-state index in [4.69, 9.17) is 12.2 Å². The Bertz CT molecular complexity index is 877. The van der Waals surface area contributed by atoms with Gasteiger partial charge in [0.2, 0.25) is 0 Å². The van der Waals surface area contributed by atoms with Crippen LogP contribution in [0.2, 0.25) is 0 Å². The maximum absolute atomic E-state index is 5.66. The second kappa shape index (κ2) is 7.25. The van der Waals surface area contributed by atoms with Crippen LogP contribution in [-0.4, -0.2) is 31.1 Å². The monoisotopic (exact) mass is 363 g/mol. The second-order valence-corrected chi connectivity index (χ2v) is 6.70. The number of hydrogen-bond acceptors (Lipinski definition) is 3. The molecule has 6 heteroatoms. The number of nitrogens with one attached hydrogen (secondary N) is 1. The number of thiocarbonyl (C=S) groups is 1. The molecule has 132 valence electrons. The Labute approximate surface area is 158 Å². The maximum atomic E-state index is 5.66. The molecular formula is C20H21N5S. The molecule has 0 bridgehead atoms. The smallest absolute Gasteiger partial charge is 0.170 e. The van der Waals surface area contributed by atoms with E-state index >= 15 is 0 Å². The van der Waals surface area contributed by atoms with Gasteiger partial charge >= 0.3 is 0 Å². The molecule has 2 atom stereocenters. The fourth-order valence-corrected chi connectivity index (χ4v) is 3.88. The van der Waals surface area contributed by atoms with Crippen molar-refractivity contribution in [2.75, 3.05) is 6.54 Å². The lowest BCUT2D eigenvalue weighted by atomic mass is 10.0. The molecule has 1 aliphatic rings. The van der Waals surface area contributed by atoms with Gasteiger partial charge in [-0.15, -0.1) is 0 Å². The number of nitrogens with zero attached hydrogens (tertiary/aromatic N) is 4. The van der Waals surface area contributed by atoms with E-state index in [1.165, 1.54) is 0 Å².